The summed E-state index contributed by atoms with van der Waals surface area (Å²) in [5, 5.41) is 0.263. The number of aromatic nitrogens is 1. The molecule has 0 atom stereocenters. The molecule has 16 heavy (non-hydrogen) atoms. The van der Waals surface area contributed by atoms with E-state index in [1.807, 2.05) is 0 Å². The van der Waals surface area contributed by atoms with E-state index in [0.717, 1.165) is 17.3 Å². The summed E-state index contributed by atoms with van der Waals surface area (Å²) in [5.74, 6) is 0. The van der Waals surface area contributed by atoms with Crippen molar-refractivity contribution in [1.82, 2.24) is 9.45 Å². The number of rotatable bonds is 2. The average Bonchev–Trinajstić information content (AvgIpc) is 2.31. The van der Waals surface area contributed by atoms with Crippen LogP contribution in [-0.2, 0) is 14.9 Å². The highest BCUT2D eigenvalue weighted by molar-refractivity contribution is 7.89. The van der Waals surface area contributed by atoms with Crippen molar-refractivity contribution in [3.05, 3.63) is 23.5 Å². The van der Waals surface area contributed by atoms with Gasteiger partial charge in [0.2, 0.25) is 0 Å². The lowest BCUT2D eigenvalue weighted by molar-refractivity contribution is -0.108. The number of pyridine rings is 1. The zero-order valence-corrected chi connectivity index (χ0v) is 10.0. The van der Waals surface area contributed by atoms with E-state index in [0.29, 0.717) is 13.2 Å². The van der Waals surface area contributed by atoms with Crippen LogP contribution >= 0.6 is 11.6 Å². The summed E-state index contributed by atoms with van der Waals surface area (Å²) in [6.45, 7) is 0.811. The maximum Gasteiger partial charge on any atom is 0.266 e. The lowest BCUT2D eigenvalue weighted by Gasteiger charge is -2.24. The lowest BCUT2D eigenvalue weighted by atomic mass is 10.3. The largest absolute Gasteiger partial charge is 0.284 e. The third-order valence-electron chi connectivity index (χ3n) is 2.24. The minimum atomic E-state index is -3.59. The van der Waals surface area contributed by atoms with Gasteiger partial charge in [-0.25, -0.2) is 13.4 Å². The first-order chi connectivity index (χ1) is 7.60. The van der Waals surface area contributed by atoms with Crippen molar-refractivity contribution in [2.75, 3.05) is 13.2 Å². The van der Waals surface area contributed by atoms with Crippen LogP contribution in [0.5, 0.6) is 0 Å². The normalized spacial score (nSPS) is 18.6. The lowest BCUT2D eigenvalue weighted by Crippen LogP contribution is -2.35. The summed E-state index contributed by atoms with van der Waals surface area (Å²) in [6, 6.07) is 2.86. The fourth-order valence-corrected chi connectivity index (χ4v) is 2.75. The second-order valence-corrected chi connectivity index (χ2v) is 5.60. The van der Waals surface area contributed by atoms with Gasteiger partial charge in [0.15, 0.2) is 0 Å². The monoisotopic (exact) mass is 262 g/mol. The summed E-state index contributed by atoms with van der Waals surface area (Å²) in [4.78, 5) is 8.95. The summed E-state index contributed by atoms with van der Waals surface area (Å²) < 4.78 is 25.0. The van der Waals surface area contributed by atoms with Crippen molar-refractivity contribution in [2.24, 2.45) is 0 Å². The van der Waals surface area contributed by atoms with E-state index in [-0.39, 0.29) is 10.0 Å². The Kier molecular flexibility index (Phi) is 3.44. The summed E-state index contributed by atoms with van der Waals surface area (Å²) in [6.07, 6.45) is 2.92. The molecule has 0 aliphatic carbocycles. The molecule has 1 aromatic heterocycles. The minimum absolute atomic E-state index is 0.0961. The molecular weight excluding hydrogens is 252 g/mol. The Bertz CT molecular complexity index is 454. The Morgan fingerprint density at radius 1 is 1.38 bits per heavy atom. The van der Waals surface area contributed by atoms with Gasteiger partial charge in [0.1, 0.15) is 10.0 Å². The first-order valence-electron chi connectivity index (χ1n) is 4.88. The van der Waals surface area contributed by atoms with Crippen molar-refractivity contribution >= 4 is 21.6 Å². The molecular formula is C9H11ClN2O3S. The standard InChI is InChI=1S/C9H11ClN2O3S/c10-9-4-3-8(7-11-9)16(13,14)12-5-1-2-6-15-12/h3-4,7H,1-2,5-6H2. The highest BCUT2D eigenvalue weighted by Gasteiger charge is 2.27. The van der Waals surface area contributed by atoms with Crippen LogP contribution in [0.4, 0.5) is 0 Å². The van der Waals surface area contributed by atoms with Crippen LogP contribution in [0, 0.1) is 0 Å². The van der Waals surface area contributed by atoms with Gasteiger partial charge in [0.05, 0.1) is 6.61 Å². The van der Waals surface area contributed by atoms with Gasteiger partial charge in [-0.15, -0.1) is 0 Å². The molecule has 1 aliphatic heterocycles. The number of sulfonamides is 1. The molecule has 7 heteroatoms. The SMILES string of the molecule is O=S(=O)(c1ccc(Cl)nc1)N1CCCCO1. The van der Waals surface area contributed by atoms with Gasteiger partial charge in [-0.1, -0.05) is 16.1 Å². The quantitative estimate of drug-likeness (QED) is 0.757. The molecule has 1 aliphatic rings. The van der Waals surface area contributed by atoms with Crippen LogP contribution in [0.15, 0.2) is 23.2 Å². The van der Waals surface area contributed by atoms with Crippen LogP contribution in [0.2, 0.25) is 5.15 Å². The van der Waals surface area contributed by atoms with Crippen LogP contribution in [0.3, 0.4) is 0 Å². The minimum Gasteiger partial charge on any atom is -0.284 e. The molecule has 0 radical (unpaired) electrons. The van der Waals surface area contributed by atoms with E-state index in [4.69, 9.17) is 16.4 Å². The molecule has 0 bridgehead atoms. The first kappa shape index (κ1) is 11.8. The van der Waals surface area contributed by atoms with Crippen LogP contribution in [0.1, 0.15) is 12.8 Å². The van der Waals surface area contributed by atoms with Crippen molar-refractivity contribution in [2.45, 2.75) is 17.7 Å². The molecule has 1 fully saturated rings. The third-order valence-corrected chi connectivity index (χ3v) is 4.12. The molecule has 0 amide bonds. The maximum absolute atomic E-state index is 12.0. The van der Waals surface area contributed by atoms with Crippen LogP contribution in [-0.4, -0.2) is 31.0 Å². The Morgan fingerprint density at radius 2 is 2.19 bits per heavy atom. The predicted molar refractivity (Wildman–Crippen MR) is 58.3 cm³/mol. The Morgan fingerprint density at radius 3 is 2.75 bits per heavy atom. The van der Waals surface area contributed by atoms with Crippen molar-refractivity contribution in [1.29, 1.82) is 0 Å². The molecule has 0 saturated carbocycles. The number of halogens is 1. The van der Waals surface area contributed by atoms with E-state index >= 15 is 0 Å². The van der Waals surface area contributed by atoms with Gasteiger partial charge in [0.25, 0.3) is 10.0 Å². The highest BCUT2D eigenvalue weighted by atomic mass is 35.5. The van der Waals surface area contributed by atoms with Crippen molar-refractivity contribution < 1.29 is 13.3 Å². The predicted octanol–water partition coefficient (Wildman–Crippen LogP) is 1.45. The van der Waals surface area contributed by atoms with Gasteiger partial charge in [0, 0.05) is 12.7 Å². The molecule has 0 unspecified atom stereocenters. The zero-order valence-electron chi connectivity index (χ0n) is 8.47. The fraction of sp³-hybridized carbons (Fsp3) is 0.444. The molecule has 88 valence electrons. The third kappa shape index (κ3) is 2.35. The van der Waals surface area contributed by atoms with E-state index in [1.54, 1.807) is 0 Å². The van der Waals surface area contributed by atoms with E-state index in [9.17, 15) is 8.42 Å². The molecule has 2 heterocycles. The van der Waals surface area contributed by atoms with Gasteiger partial charge in [-0.2, -0.15) is 0 Å². The number of hydrogen-bond acceptors (Lipinski definition) is 4. The fourth-order valence-electron chi connectivity index (χ4n) is 1.40. The van der Waals surface area contributed by atoms with Crippen molar-refractivity contribution in [3.8, 4) is 0 Å². The summed E-state index contributed by atoms with van der Waals surface area (Å²) >= 11 is 5.60. The molecule has 0 aromatic carbocycles. The van der Waals surface area contributed by atoms with Crippen LogP contribution < -0.4 is 0 Å². The Balaban J connectivity index is 2.27. The first-order valence-corrected chi connectivity index (χ1v) is 6.70. The second kappa shape index (κ2) is 4.67. The van der Waals surface area contributed by atoms with E-state index in [1.165, 1.54) is 18.3 Å². The molecule has 0 N–H and O–H groups in total. The number of hydroxylamine groups is 1. The zero-order chi connectivity index (χ0) is 11.6. The highest BCUT2D eigenvalue weighted by Crippen LogP contribution is 2.19. The second-order valence-electron chi connectivity index (χ2n) is 3.39. The van der Waals surface area contributed by atoms with Gasteiger partial charge < -0.3 is 0 Å². The summed E-state index contributed by atoms with van der Waals surface area (Å²) in [7, 11) is -3.59. The van der Waals surface area contributed by atoms with Crippen LogP contribution in [0.25, 0.3) is 0 Å². The summed E-state index contributed by atoms with van der Waals surface area (Å²) in [5.41, 5.74) is 0. The molecule has 1 aromatic rings. The molecule has 5 nitrogen and oxygen atoms in total. The number of nitrogens with zero attached hydrogens (tertiary/aromatic N) is 2. The molecule has 2 rings (SSSR count). The molecule has 1 saturated heterocycles. The topological polar surface area (TPSA) is 59.5 Å². The smallest absolute Gasteiger partial charge is 0.266 e. The van der Waals surface area contributed by atoms with Gasteiger partial charge in [-0.3, -0.25) is 4.84 Å². The van der Waals surface area contributed by atoms with E-state index < -0.39 is 10.0 Å². The average molecular weight is 263 g/mol. The van der Waals surface area contributed by atoms with Crippen molar-refractivity contribution in [3.63, 3.8) is 0 Å². The Labute approximate surface area is 99.0 Å². The number of hydrogen-bond donors (Lipinski definition) is 0. The van der Waals surface area contributed by atoms with Gasteiger partial charge >= 0.3 is 0 Å². The Hall–Kier alpha value is -0.690. The molecule has 0 spiro atoms. The van der Waals surface area contributed by atoms with E-state index in [2.05, 4.69) is 4.98 Å². The maximum atomic E-state index is 12.0. The van der Waals surface area contributed by atoms with Gasteiger partial charge in [-0.05, 0) is 25.0 Å².